The van der Waals surface area contributed by atoms with Crippen LogP contribution in [0.3, 0.4) is 0 Å². The summed E-state index contributed by atoms with van der Waals surface area (Å²) in [7, 11) is -10.4. The molecular formula is C26H14N4Na4O12S3. The number of hydrogen-bond donors (Lipinski definition) is 2. The van der Waals surface area contributed by atoms with Gasteiger partial charge in [-0.3, -0.25) is 20.4 Å². The van der Waals surface area contributed by atoms with Crippen LogP contribution < -0.4 is 139 Å². The van der Waals surface area contributed by atoms with E-state index in [1.54, 1.807) is 0 Å². The first kappa shape index (κ1) is 47.8. The van der Waals surface area contributed by atoms with Gasteiger partial charge in [0.1, 0.15) is 20.2 Å². The van der Waals surface area contributed by atoms with Gasteiger partial charge in [-0.1, -0.05) is 11.8 Å². The number of benzene rings is 2. The van der Waals surface area contributed by atoms with E-state index >= 15 is 0 Å². The molecule has 23 heteroatoms. The average Bonchev–Trinajstić information content (AvgIpc) is 2.96. The fourth-order valence-electron chi connectivity index (χ4n) is 3.59. The molecule has 0 saturated heterocycles. The number of ketones is 2. The van der Waals surface area contributed by atoms with Gasteiger partial charge in [0.2, 0.25) is 0 Å². The van der Waals surface area contributed by atoms with Crippen LogP contribution in [0, 0.1) is 0 Å². The van der Waals surface area contributed by atoms with Crippen LogP contribution in [0.5, 0.6) is 0 Å². The van der Waals surface area contributed by atoms with Crippen molar-refractivity contribution in [2.75, 3.05) is 10.9 Å². The molecule has 2 aromatic carbocycles. The number of hydrogen-bond acceptors (Lipinski definition) is 17. The van der Waals surface area contributed by atoms with Crippen LogP contribution in [0.1, 0.15) is 0 Å². The largest absolute Gasteiger partial charge is 1.00 e. The maximum absolute atomic E-state index is 12.1. The molecule has 0 radical (unpaired) electrons. The molecule has 0 unspecified atom stereocenters. The summed E-state index contributed by atoms with van der Waals surface area (Å²) in [4.78, 5) is 43.1. The predicted octanol–water partition coefficient (Wildman–Crippen LogP) is -13.2. The molecule has 0 saturated carbocycles. The second-order valence-electron chi connectivity index (χ2n) is 8.72. The third kappa shape index (κ3) is 13.1. The monoisotopic (exact) mass is 762 g/mol. The second kappa shape index (κ2) is 20.1. The number of allylic oxidation sites excluding steroid dienone is 6. The van der Waals surface area contributed by atoms with E-state index in [9.17, 15) is 55.3 Å². The quantitative estimate of drug-likeness (QED) is 0.0748. The molecule has 4 rings (SSSR count). The van der Waals surface area contributed by atoms with E-state index in [2.05, 4.69) is 21.1 Å². The van der Waals surface area contributed by atoms with E-state index in [4.69, 9.17) is 0 Å². The Morgan fingerprint density at radius 2 is 0.959 bits per heavy atom. The van der Waals surface area contributed by atoms with E-state index in [-0.39, 0.29) is 151 Å². The zero-order valence-corrected chi connectivity index (χ0v) is 36.4. The number of nitrogens with one attached hydrogen (secondary N) is 2. The molecule has 16 nitrogen and oxygen atoms in total. The van der Waals surface area contributed by atoms with Crippen LogP contribution in [0.4, 0.5) is 11.4 Å². The first-order valence-electron chi connectivity index (χ1n) is 11.9. The van der Waals surface area contributed by atoms with Crippen molar-refractivity contribution in [1.29, 1.82) is 0 Å². The first-order chi connectivity index (χ1) is 21.0. The normalized spacial score (nSPS) is 15.5. The number of aliphatic carboxylic acids is 2. The minimum atomic E-state index is -5.19. The van der Waals surface area contributed by atoms with Crippen molar-refractivity contribution in [1.82, 2.24) is 0 Å². The Kier molecular flexibility index (Phi) is 19.6. The Morgan fingerprint density at radius 3 is 1.27 bits per heavy atom. The Hall–Kier alpha value is -1.21. The van der Waals surface area contributed by atoms with Crippen molar-refractivity contribution in [2.45, 2.75) is 19.6 Å². The number of carboxylic acid groups (broad SMARTS) is 2. The van der Waals surface area contributed by atoms with E-state index in [0.717, 1.165) is 48.6 Å². The summed E-state index contributed by atoms with van der Waals surface area (Å²) in [5, 5.41) is 29.8. The maximum Gasteiger partial charge on any atom is 1.00 e. The minimum Gasteiger partial charge on any atom is -0.744 e. The van der Waals surface area contributed by atoms with E-state index in [1.165, 1.54) is 24.3 Å². The molecule has 232 valence electrons. The molecule has 0 fully saturated rings. The van der Waals surface area contributed by atoms with Crippen molar-refractivity contribution in [3.63, 3.8) is 0 Å². The molecule has 0 atom stereocenters. The molecule has 0 bridgehead atoms. The van der Waals surface area contributed by atoms with Crippen LogP contribution >= 0.6 is 11.8 Å². The zero-order chi connectivity index (χ0) is 33.1. The Bertz CT molecular complexity index is 1950. The van der Waals surface area contributed by atoms with Crippen LogP contribution in [-0.4, -0.2) is 60.9 Å². The van der Waals surface area contributed by atoms with Crippen molar-refractivity contribution >= 4 is 78.3 Å². The summed E-state index contributed by atoms with van der Waals surface area (Å²) >= 11 is 0.465. The summed E-state index contributed by atoms with van der Waals surface area (Å²) in [5.74, 6) is -5.12. The van der Waals surface area contributed by atoms with Gasteiger partial charge >= 0.3 is 118 Å². The van der Waals surface area contributed by atoms with Gasteiger partial charge in [-0.25, -0.2) is 16.8 Å². The molecule has 0 heterocycles. The second-order valence-corrected chi connectivity index (χ2v) is 12.5. The minimum absolute atomic E-state index is 0. The van der Waals surface area contributed by atoms with Crippen molar-refractivity contribution < 1.29 is 174 Å². The summed E-state index contributed by atoms with van der Waals surface area (Å²) in [6.45, 7) is 0. The number of rotatable bonds is 10. The SMILES string of the molecule is O=C([O-])C1=C/C(=N/Nc2ccc(Sc3ccc(N/N=C4\C=CC(=O)C(C(=O)[O-])=C4)cc3S(=O)(=O)[O-])c(S(=O)(=O)[O-])c2)C=CC1=O.[Na+].[Na+].[Na+].[Na+]. The van der Waals surface area contributed by atoms with Gasteiger partial charge in [-0.2, -0.15) is 10.2 Å². The Labute approximate surface area is 371 Å². The smallest absolute Gasteiger partial charge is 0.744 e. The number of anilines is 2. The number of hydrazone groups is 2. The Balaban J connectivity index is 0.00000576. The van der Waals surface area contributed by atoms with Crippen molar-refractivity contribution in [3.8, 4) is 0 Å². The van der Waals surface area contributed by atoms with Gasteiger partial charge in [-0.15, -0.1) is 0 Å². The van der Waals surface area contributed by atoms with Crippen LogP contribution in [0.2, 0.25) is 0 Å². The molecular weight excluding hydrogens is 748 g/mol. The molecule has 0 spiro atoms. The van der Waals surface area contributed by atoms with Gasteiger partial charge in [-0.05, 0) is 72.9 Å². The summed E-state index contributed by atoms with van der Waals surface area (Å²) < 4.78 is 72.4. The van der Waals surface area contributed by atoms with Gasteiger partial charge in [0.05, 0.1) is 44.5 Å². The molecule has 49 heavy (non-hydrogen) atoms. The van der Waals surface area contributed by atoms with Crippen molar-refractivity contribution in [2.24, 2.45) is 10.2 Å². The summed E-state index contributed by atoms with van der Waals surface area (Å²) in [6.07, 6.45) is 6.00. The molecule has 2 aliphatic rings. The molecule has 0 aliphatic heterocycles. The van der Waals surface area contributed by atoms with Crippen molar-refractivity contribution in [3.05, 3.63) is 84.0 Å². The number of carboxylic acids is 2. The third-order valence-corrected chi connectivity index (χ3v) is 8.80. The van der Waals surface area contributed by atoms with E-state index < -0.39 is 64.7 Å². The number of carbonyl (C=O) groups is 4. The van der Waals surface area contributed by atoms with Crippen LogP contribution in [0.25, 0.3) is 0 Å². The standard InChI is InChI=1S/C26H18N4O12S3.4Na/c31-19-5-1-13(9-17(19)25(33)34)27-29-15-3-7-21(23(11-15)44(37,38)39)43-22-8-4-16(12-24(22)45(40,41)42)30-28-14-2-6-20(32)18(10-14)26(35)36;;;;/h1-12,29-30H,(H,33,34)(H,35,36)(H,37,38,39)(H,40,41,42);;;;/q;4*+1/p-4/b27-13+,28-14+;;;;. The summed E-state index contributed by atoms with van der Waals surface area (Å²) in [5.41, 5.74) is 3.24. The van der Waals surface area contributed by atoms with Crippen LogP contribution in [-0.2, 0) is 39.4 Å². The number of carbonyl (C=O) groups excluding carboxylic acids is 4. The van der Waals surface area contributed by atoms with Crippen LogP contribution in [0.15, 0.2) is 114 Å². The fourth-order valence-corrected chi connectivity index (χ4v) is 6.45. The number of nitrogens with zero attached hydrogens (tertiary/aromatic N) is 2. The fraction of sp³-hybridized carbons (Fsp3) is 0. The molecule has 0 aromatic heterocycles. The van der Waals surface area contributed by atoms with E-state index in [1.807, 2.05) is 0 Å². The molecule has 2 aromatic rings. The maximum atomic E-state index is 12.1. The molecule has 2 N–H and O–H groups in total. The predicted molar refractivity (Wildman–Crippen MR) is 150 cm³/mol. The molecule has 2 aliphatic carbocycles. The topological polar surface area (TPSA) is 278 Å². The average molecular weight is 763 g/mol. The third-order valence-electron chi connectivity index (χ3n) is 5.64. The van der Waals surface area contributed by atoms with Gasteiger partial charge in [0, 0.05) is 20.9 Å². The zero-order valence-electron chi connectivity index (χ0n) is 25.9. The van der Waals surface area contributed by atoms with Gasteiger partial charge < -0.3 is 28.9 Å². The summed E-state index contributed by atoms with van der Waals surface area (Å²) in [6, 6.07) is 6.47. The van der Waals surface area contributed by atoms with Gasteiger partial charge in [0.15, 0.2) is 11.6 Å². The first-order valence-corrected chi connectivity index (χ1v) is 15.5. The van der Waals surface area contributed by atoms with Gasteiger partial charge in [0.25, 0.3) is 0 Å². The molecule has 0 amide bonds. The van der Waals surface area contributed by atoms with E-state index in [0.29, 0.717) is 11.8 Å². The Morgan fingerprint density at radius 1 is 0.612 bits per heavy atom.